The normalized spacial score (nSPS) is 12.5. The monoisotopic (exact) mass is 285 g/mol. The number of rotatable bonds is 7. The molecule has 0 unspecified atom stereocenters. The Morgan fingerprint density at radius 1 is 1.47 bits per heavy atom. The van der Waals surface area contributed by atoms with E-state index in [2.05, 4.69) is 10.4 Å². The number of nitrogens with zero attached hydrogens (tertiary/aromatic N) is 2. The molecule has 0 bridgehead atoms. The lowest BCUT2D eigenvalue weighted by Crippen LogP contribution is -2.36. The Morgan fingerprint density at radius 2 is 2.16 bits per heavy atom. The van der Waals surface area contributed by atoms with E-state index in [4.69, 9.17) is 0 Å². The molecule has 0 aliphatic carbocycles. The van der Waals surface area contributed by atoms with Gasteiger partial charge in [-0.1, -0.05) is 0 Å². The summed E-state index contributed by atoms with van der Waals surface area (Å²) in [5, 5.41) is 16.7. The number of hydrogen-bond donors (Lipinski definition) is 2. The molecule has 0 aliphatic rings. The molecule has 1 rings (SSSR count). The molecule has 1 aromatic rings. The first-order valence-electron chi connectivity index (χ1n) is 6.42. The van der Waals surface area contributed by atoms with Crippen molar-refractivity contribution in [1.82, 2.24) is 15.1 Å². The van der Waals surface area contributed by atoms with Gasteiger partial charge in [-0.15, -0.1) is 0 Å². The lowest BCUT2D eigenvalue weighted by molar-refractivity contribution is -0.129. The SMILES string of the molecule is CSCC[C@@H](O)C(=O)NCCn1nc(C)c(C)c1C. The van der Waals surface area contributed by atoms with Gasteiger partial charge in [-0.05, 0) is 44.8 Å². The van der Waals surface area contributed by atoms with Crippen molar-refractivity contribution in [1.29, 1.82) is 0 Å². The predicted molar refractivity (Wildman–Crippen MR) is 78.5 cm³/mol. The molecule has 0 aliphatic heterocycles. The zero-order chi connectivity index (χ0) is 14.4. The summed E-state index contributed by atoms with van der Waals surface area (Å²) >= 11 is 1.62. The van der Waals surface area contributed by atoms with Crippen LogP contribution in [0.5, 0.6) is 0 Å². The van der Waals surface area contributed by atoms with Crippen molar-refractivity contribution in [2.45, 2.75) is 39.8 Å². The van der Waals surface area contributed by atoms with Gasteiger partial charge in [-0.3, -0.25) is 9.48 Å². The lowest BCUT2D eigenvalue weighted by atomic mass is 10.2. The molecule has 1 aromatic heterocycles. The van der Waals surface area contributed by atoms with Crippen LogP contribution in [-0.4, -0.2) is 45.5 Å². The maximum Gasteiger partial charge on any atom is 0.248 e. The molecule has 1 amide bonds. The molecule has 0 radical (unpaired) electrons. The molecule has 1 heterocycles. The van der Waals surface area contributed by atoms with Crippen LogP contribution < -0.4 is 5.32 Å². The predicted octanol–water partition coefficient (Wildman–Crippen LogP) is 1.04. The Hall–Kier alpha value is -1.01. The van der Waals surface area contributed by atoms with Crippen LogP contribution in [0.1, 0.15) is 23.4 Å². The summed E-state index contributed by atoms with van der Waals surface area (Å²) in [5.41, 5.74) is 3.32. The molecule has 108 valence electrons. The molecular weight excluding hydrogens is 262 g/mol. The third-order valence-corrected chi connectivity index (χ3v) is 3.91. The summed E-state index contributed by atoms with van der Waals surface area (Å²) < 4.78 is 1.89. The smallest absolute Gasteiger partial charge is 0.248 e. The van der Waals surface area contributed by atoms with Gasteiger partial charge >= 0.3 is 0 Å². The maximum absolute atomic E-state index is 11.6. The zero-order valence-electron chi connectivity index (χ0n) is 12.1. The quantitative estimate of drug-likeness (QED) is 0.785. The second-order valence-electron chi connectivity index (χ2n) is 4.61. The highest BCUT2D eigenvalue weighted by Gasteiger charge is 2.14. The second kappa shape index (κ2) is 7.55. The van der Waals surface area contributed by atoms with Gasteiger partial charge in [-0.25, -0.2) is 0 Å². The standard InChI is InChI=1S/C13H23N3O2S/c1-9-10(2)15-16(11(9)3)7-6-14-13(18)12(17)5-8-19-4/h12,17H,5-8H2,1-4H3,(H,14,18)/t12-/m1/s1. The molecule has 0 spiro atoms. The van der Waals surface area contributed by atoms with E-state index < -0.39 is 6.10 Å². The van der Waals surface area contributed by atoms with E-state index in [9.17, 15) is 9.90 Å². The summed E-state index contributed by atoms with van der Waals surface area (Å²) in [6.07, 6.45) is 1.54. The molecule has 0 fully saturated rings. The molecule has 2 N–H and O–H groups in total. The van der Waals surface area contributed by atoms with Gasteiger partial charge in [0, 0.05) is 12.2 Å². The van der Waals surface area contributed by atoms with Crippen molar-refractivity contribution in [2.24, 2.45) is 0 Å². The number of amides is 1. The third kappa shape index (κ3) is 4.54. The van der Waals surface area contributed by atoms with Gasteiger partial charge in [0.15, 0.2) is 0 Å². The van der Waals surface area contributed by atoms with Crippen LogP contribution in [0.25, 0.3) is 0 Å². The second-order valence-corrected chi connectivity index (χ2v) is 5.59. The van der Waals surface area contributed by atoms with Gasteiger partial charge in [0.05, 0.1) is 12.2 Å². The number of thioether (sulfide) groups is 1. The van der Waals surface area contributed by atoms with Gasteiger partial charge in [0.2, 0.25) is 5.91 Å². The van der Waals surface area contributed by atoms with E-state index in [0.29, 0.717) is 19.5 Å². The number of carbonyl (C=O) groups excluding carboxylic acids is 1. The van der Waals surface area contributed by atoms with E-state index >= 15 is 0 Å². The van der Waals surface area contributed by atoms with Gasteiger partial charge in [0.1, 0.15) is 6.10 Å². The first-order chi connectivity index (χ1) is 8.97. The highest BCUT2D eigenvalue weighted by molar-refractivity contribution is 7.98. The Bertz CT molecular complexity index is 432. The number of aliphatic hydroxyl groups excluding tert-OH is 1. The molecule has 19 heavy (non-hydrogen) atoms. The summed E-state index contributed by atoms with van der Waals surface area (Å²) in [5.74, 6) is 0.484. The molecule has 0 saturated heterocycles. The topological polar surface area (TPSA) is 67.2 Å². The van der Waals surface area contributed by atoms with Crippen LogP contribution in [0.2, 0.25) is 0 Å². The van der Waals surface area contributed by atoms with Gasteiger partial charge in [-0.2, -0.15) is 16.9 Å². The highest BCUT2D eigenvalue weighted by atomic mass is 32.2. The van der Waals surface area contributed by atoms with E-state index in [1.165, 1.54) is 5.56 Å². The number of aryl methyl sites for hydroxylation is 1. The molecular formula is C13H23N3O2S. The van der Waals surface area contributed by atoms with Crippen LogP contribution in [0, 0.1) is 20.8 Å². The van der Waals surface area contributed by atoms with Crippen LogP contribution in [0.15, 0.2) is 0 Å². The summed E-state index contributed by atoms with van der Waals surface area (Å²) in [6.45, 7) is 7.14. The average molecular weight is 285 g/mol. The summed E-state index contributed by atoms with van der Waals surface area (Å²) in [6, 6.07) is 0. The highest BCUT2D eigenvalue weighted by Crippen LogP contribution is 2.10. The van der Waals surface area contributed by atoms with Crippen LogP contribution in [0.4, 0.5) is 0 Å². The fourth-order valence-corrected chi connectivity index (χ4v) is 2.23. The first kappa shape index (κ1) is 16.0. The first-order valence-corrected chi connectivity index (χ1v) is 7.82. The summed E-state index contributed by atoms with van der Waals surface area (Å²) in [4.78, 5) is 11.6. The number of aliphatic hydroxyl groups is 1. The average Bonchev–Trinajstić information content (AvgIpc) is 2.63. The fraction of sp³-hybridized carbons (Fsp3) is 0.692. The Kier molecular flexibility index (Phi) is 6.37. The largest absolute Gasteiger partial charge is 0.383 e. The number of hydrogen-bond acceptors (Lipinski definition) is 4. The minimum atomic E-state index is -0.908. The van der Waals surface area contributed by atoms with Crippen molar-refractivity contribution in [3.8, 4) is 0 Å². The molecule has 1 atom stereocenters. The van der Waals surface area contributed by atoms with E-state index in [-0.39, 0.29) is 5.91 Å². The molecule has 5 nitrogen and oxygen atoms in total. The van der Waals surface area contributed by atoms with Crippen molar-refractivity contribution in [3.63, 3.8) is 0 Å². The van der Waals surface area contributed by atoms with Crippen LogP contribution in [-0.2, 0) is 11.3 Å². The number of nitrogens with one attached hydrogen (secondary N) is 1. The summed E-state index contributed by atoms with van der Waals surface area (Å²) in [7, 11) is 0. The van der Waals surface area contributed by atoms with Crippen LogP contribution >= 0.6 is 11.8 Å². The van der Waals surface area contributed by atoms with Gasteiger partial charge in [0.25, 0.3) is 0 Å². The Labute approximate surface area is 118 Å². The maximum atomic E-state index is 11.6. The number of aromatic nitrogens is 2. The third-order valence-electron chi connectivity index (χ3n) is 3.26. The van der Waals surface area contributed by atoms with Crippen molar-refractivity contribution in [3.05, 3.63) is 17.0 Å². The van der Waals surface area contributed by atoms with E-state index in [0.717, 1.165) is 17.1 Å². The molecule has 0 saturated carbocycles. The lowest BCUT2D eigenvalue weighted by Gasteiger charge is -2.11. The Morgan fingerprint density at radius 3 is 2.68 bits per heavy atom. The van der Waals surface area contributed by atoms with Crippen LogP contribution in [0.3, 0.4) is 0 Å². The van der Waals surface area contributed by atoms with Gasteiger partial charge < -0.3 is 10.4 Å². The van der Waals surface area contributed by atoms with Crippen molar-refractivity contribution in [2.75, 3.05) is 18.6 Å². The molecule has 0 aromatic carbocycles. The fourth-order valence-electron chi connectivity index (χ4n) is 1.77. The Balaban J connectivity index is 2.37. The van der Waals surface area contributed by atoms with Crippen molar-refractivity contribution >= 4 is 17.7 Å². The zero-order valence-corrected chi connectivity index (χ0v) is 12.9. The van der Waals surface area contributed by atoms with E-state index in [1.54, 1.807) is 11.8 Å². The molecule has 6 heteroatoms. The van der Waals surface area contributed by atoms with Crippen molar-refractivity contribution < 1.29 is 9.90 Å². The number of carbonyl (C=O) groups is 1. The van der Waals surface area contributed by atoms with E-state index in [1.807, 2.05) is 31.7 Å². The minimum Gasteiger partial charge on any atom is -0.383 e. The minimum absolute atomic E-state index is 0.299.